The standard InChI is InChI=1S/C24H34ClN7/c25-20-13-27-23(31-22(20)19-12-28-32-14-24(9-10-24)11-21(19)32)30-18-7-5-17(6-8-18)29-16-3-1-15(26)2-4-16/h12-13,15-18,29H,1-11,14,26H2,(H,27,30,31)/t15?,16?,17-,18-. The predicted molar refractivity (Wildman–Crippen MR) is 127 cm³/mol. The van der Waals surface area contributed by atoms with E-state index in [9.17, 15) is 0 Å². The zero-order chi connectivity index (χ0) is 21.7. The molecule has 8 heteroatoms. The van der Waals surface area contributed by atoms with Gasteiger partial charge in [0.2, 0.25) is 5.95 Å². The first-order valence-corrected chi connectivity index (χ1v) is 12.8. The maximum absolute atomic E-state index is 6.53. The van der Waals surface area contributed by atoms with Crippen LogP contribution in [-0.2, 0) is 13.0 Å². The lowest BCUT2D eigenvalue weighted by atomic mass is 9.87. The van der Waals surface area contributed by atoms with E-state index in [1.807, 2.05) is 6.20 Å². The number of rotatable bonds is 5. The van der Waals surface area contributed by atoms with Crippen LogP contribution in [0.4, 0.5) is 5.95 Å². The second-order valence-corrected chi connectivity index (χ2v) is 11.1. The van der Waals surface area contributed by atoms with Crippen molar-refractivity contribution in [2.24, 2.45) is 11.1 Å². The minimum atomic E-state index is 0.412. The van der Waals surface area contributed by atoms with E-state index in [0.29, 0.717) is 40.6 Å². The minimum absolute atomic E-state index is 0.412. The van der Waals surface area contributed by atoms with E-state index in [-0.39, 0.29) is 0 Å². The van der Waals surface area contributed by atoms with Gasteiger partial charge in [-0.2, -0.15) is 5.10 Å². The molecule has 0 atom stereocenters. The molecule has 2 aromatic heterocycles. The Balaban J connectivity index is 1.08. The van der Waals surface area contributed by atoms with Gasteiger partial charge in [0.05, 0.1) is 23.1 Å². The number of hydrogen-bond acceptors (Lipinski definition) is 6. The molecular weight excluding hydrogens is 422 g/mol. The Bertz CT molecular complexity index is 969. The summed E-state index contributed by atoms with van der Waals surface area (Å²) in [5, 5.41) is 12.7. The molecule has 4 aliphatic rings. The molecule has 3 saturated carbocycles. The third kappa shape index (κ3) is 4.15. The molecule has 4 N–H and O–H groups in total. The largest absolute Gasteiger partial charge is 0.351 e. The van der Waals surface area contributed by atoms with Crippen LogP contribution in [0.1, 0.15) is 69.9 Å². The number of aromatic nitrogens is 4. The maximum atomic E-state index is 6.53. The third-order valence-corrected chi connectivity index (χ3v) is 8.51. The molecule has 6 rings (SSSR count). The highest BCUT2D eigenvalue weighted by molar-refractivity contribution is 6.33. The smallest absolute Gasteiger partial charge is 0.223 e. The maximum Gasteiger partial charge on any atom is 0.223 e. The summed E-state index contributed by atoms with van der Waals surface area (Å²) in [7, 11) is 0. The van der Waals surface area contributed by atoms with Gasteiger partial charge in [-0.3, -0.25) is 4.68 Å². The summed E-state index contributed by atoms with van der Waals surface area (Å²) >= 11 is 6.53. The summed E-state index contributed by atoms with van der Waals surface area (Å²) in [5.74, 6) is 0.682. The number of fused-ring (bicyclic) bond motifs is 1. The molecule has 7 nitrogen and oxygen atoms in total. The van der Waals surface area contributed by atoms with E-state index >= 15 is 0 Å². The molecule has 1 spiro atoms. The number of nitrogens with one attached hydrogen (secondary N) is 2. The van der Waals surface area contributed by atoms with Crippen molar-refractivity contribution in [1.29, 1.82) is 0 Å². The Morgan fingerprint density at radius 3 is 2.38 bits per heavy atom. The lowest BCUT2D eigenvalue weighted by Crippen LogP contribution is -2.45. The van der Waals surface area contributed by atoms with Crippen molar-refractivity contribution in [3.05, 3.63) is 23.1 Å². The number of nitrogens with two attached hydrogens (primary N) is 1. The topological polar surface area (TPSA) is 93.7 Å². The van der Waals surface area contributed by atoms with Crippen molar-refractivity contribution in [2.75, 3.05) is 5.32 Å². The van der Waals surface area contributed by atoms with E-state index in [4.69, 9.17) is 22.3 Å². The van der Waals surface area contributed by atoms with Crippen molar-refractivity contribution < 1.29 is 0 Å². The highest BCUT2D eigenvalue weighted by Crippen LogP contribution is 2.54. The van der Waals surface area contributed by atoms with Gasteiger partial charge in [0, 0.05) is 42.0 Å². The van der Waals surface area contributed by atoms with E-state index < -0.39 is 0 Å². The Hall–Kier alpha value is -1.70. The van der Waals surface area contributed by atoms with Crippen LogP contribution in [0.15, 0.2) is 12.4 Å². The van der Waals surface area contributed by atoms with Gasteiger partial charge < -0.3 is 16.4 Å². The molecule has 2 aromatic rings. The molecule has 0 unspecified atom stereocenters. The highest BCUT2D eigenvalue weighted by Gasteiger charge is 2.48. The summed E-state index contributed by atoms with van der Waals surface area (Å²) in [6.07, 6.45) is 16.8. The molecule has 1 aliphatic heterocycles. The molecule has 0 aromatic carbocycles. The minimum Gasteiger partial charge on any atom is -0.351 e. The normalized spacial score (nSPS) is 30.9. The SMILES string of the molecule is NC1CCC(N[C@H]2CC[C@H](Nc3ncc(Cl)c(-c4cnn5c4CC4(CC4)C5)n3)CC2)CC1. The van der Waals surface area contributed by atoms with Crippen LogP contribution in [0.3, 0.4) is 0 Å². The summed E-state index contributed by atoms with van der Waals surface area (Å²) in [4.78, 5) is 9.33. The molecule has 0 radical (unpaired) electrons. The summed E-state index contributed by atoms with van der Waals surface area (Å²) < 4.78 is 2.15. The van der Waals surface area contributed by atoms with Crippen LogP contribution in [0, 0.1) is 5.41 Å². The van der Waals surface area contributed by atoms with Crippen molar-refractivity contribution in [3.8, 4) is 11.3 Å². The second kappa shape index (κ2) is 8.26. The Morgan fingerprint density at radius 1 is 0.969 bits per heavy atom. The van der Waals surface area contributed by atoms with E-state index in [0.717, 1.165) is 49.9 Å². The van der Waals surface area contributed by atoms with Gasteiger partial charge in [-0.1, -0.05) is 11.6 Å². The quantitative estimate of drug-likeness (QED) is 0.632. The van der Waals surface area contributed by atoms with E-state index in [2.05, 4.69) is 25.4 Å². The van der Waals surface area contributed by atoms with Gasteiger partial charge in [-0.05, 0) is 76.0 Å². The number of hydrogen-bond donors (Lipinski definition) is 3. The van der Waals surface area contributed by atoms with Crippen LogP contribution in [0.2, 0.25) is 5.02 Å². The van der Waals surface area contributed by atoms with Crippen LogP contribution >= 0.6 is 11.6 Å². The first-order chi connectivity index (χ1) is 15.6. The fourth-order valence-corrected chi connectivity index (χ4v) is 6.20. The van der Waals surface area contributed by atoms with Gasteiger partial charge >= 0.3 is 0 Å². The van der Waals surface area contributed by atoms with Crippen LogP contribution in [0.25, 0.3) is 11.3 Å². The molecule has 3 aliphatic carbocycles. The Labute approximate surface area is 194 Å². The average Bonchev–Trinajstić information content (AvgIpc) is 3.30. The van der Waals surface area contributed by atoms with Gasteiger partial charge in [0.15, 0.2) is 0 Å². The first-order valence-electron chi connectivity index (χ1n) is 12.4. The molecule has 32 heavy (non-hydrogen) atoms. The highest BCUT2D eigenvalue weighted by atomic mass is 35.5. The number of halogens is 1. The molecule has 0 amide bonds. The van der Waals surface area contributed by atoms with Gasteiger partial charge in [0.25, 0.3) is 0 Å². The second-order valence-electron chi connectivity index (χ2n) is 10.7. The number of anilines is 1. The van der Waals surface area contributed by atoms with Crippen molar-refractivity contribution in [3.63, 3.8) is 0 Å². The van der Waals surface area contributed by atoms with Gasteiger partial charge in [-0.15, -0.1) is 0 Å². The fourth-order valence-electron chi connectivity index (χ4n) is 6.00. The molecule has 3 heterocycles. The van der Waals surface area contributed by atoms with Crippen molar-refractivity contribution >= 4 is 17.5 Å². The van der Waals surface area contributed by atoms with Crippen LogP contribution < -0.4 is 16.4 Å². The summed E-state index contributed by atoms with van der Waals surface area (Å²) in [5.41, 5.74) is 9.69. The fraction of sp³-hybridized carbons (Fsp3) is 0.708. The Kier molecular flexibility index (Phi) is 5.39. The number of nitrogens with zero attached hydrogens (tertiary/aromatic N) is 4. The van der Waals surface area contributed by atoms with Crippen molar-refractivity contribution in [1.82, 2.24) is 25.1 Å². The summed E-state index contributed by atoms with van der Waals surface area (Å²) in [6, 6.07) is 2.10. The lowest BCUT2D eigenvalue weighted by molar-refractivity contribution is 0.272. The Morgan fingerprint density at radius 2 is 1.66 bits per heavy atom. The van der Waals surface area contributed by atoms with Crippen LogP contribution in [-0.4, -0.2) is 43.9 Å². The zero-order valence-electron chi connectivity index (χ0n) is 18.7. The first kappa shape index (κ1) is 20.9. The van der Waals surface area contributed by atoms with E-state index in [1.165, 1.54) is 44.2 Å². The van der Waals surface area contributed by atoms with Gasteiger partial charge in [-0.25, -0.2) is 9.97 Å². The molecule has 3 fully saturated rings. The van der Waals surface area contributed by atoms with E-state index in [1.54, 1.807) is 6.20 Å². The lowest BCUT2D eigenvalue weighted by Gasteiger charge is -2.35. The molecule has 172 valence electrons. The summed E-state index contributed by atoms with van der Waals surface area (Å²) in [6.45, 7) is 1.04. The zero-order valence-corrected chi connectivity index (χ0v) is 19.4. The molecular formula is C24H34ClN7. The molecule has 0 saturated heterocycles. The van der Waals surface area contributed by atoms with Crippen LogP contribution in [0.5, 0.6) is 0 Å². The third-order valence-electron chi connectivity index (χ3n) is 8.24. The predicted octanol–water partition coefficient (Wildman–Crippen LogP) is 3.91. The van der Waals surface area contributed by atoms with Gasteiger partial charge in [0.1, 0.15) is 0 Å². The molecule has 0 bridgehead atoms. The monoisotopic (exact) mass is 455 g/mol. The average molecular weight is 456 g/mol. The van der Waals surface area contributed by atoms with Crippen molar-refractivity contribution in [2.45, 2.75) is 101 Å².